The fourth-order valence-electron chi connectivity index (χ4n) is 2.22. The predicted octanol–water partition coefficient (Wildman–Crippen LogP) is 4.32. The van der Waals surface area contributed by atoms with Gasteiger partial charge in [-0.3, -0.25) is 9.59 Å². The zero-order valence-corrected chi connectivity index (χ0v) is 16.6. The van der Waals surface area contributed by atoms with Crippen molar-refractivity contribution in [2.24, 2.45) is 0 Å². The molecule has 0 atom stereocenters. The van der Waals surface area contributed by atoms with Crippen LogP contribution in [0.2, 0.25) is 10.0 Å². The number of carbonyl (C=O) groups is 2. The van der Waals surface area contributed by atoms with Crippen molar-refractivity contribution in [2.45, 2.75) is 5.22 Å². The maximum Gasteiger partial charge on any atom is 0.257 e. The van der Waals surface area contributed by atoms with Gasteiger partial charge >= 0.3 is 0 Å². The topological polar surface area (TPSA) is 75.4 Å². The Morgan fingerprint density at radius 1 is 1.19 bits per heavy atom. The third-order valence-corrected chi connectivity index (χ3v) is 5.16. The number of carbonyl (C=O) groups excluding carboxylic acids is 2. The summed E-state index contributed by atoms with van der Waals surface area (Å²) in [4.78, 5) is 30.0. The van der Waals surface area contributed by atoms with E-state index in [0.29, 0.717) is 26.5 Å². The number of thioether (sulfide) groups is 1. The number of oxazole rings is 1. The summed E-state index contributed by atoms with van der Waals surface area (Å²) in [6, 6.07) is 12.1. The molecular weight excluding hydrogens is 409 g/mol. The Hall–Kier alpha value is -2.22. The molecule has 0 unspecified atom stereocenters. The van der Waals surface area contributed by atoms with Gasteiger partial charge in [0.05, 0.1) is 22.3 Å². The van der Waals surface area contributed by atoms with Gasteiger partial charge in [-0.25, -0.2) is 4.98 Å². The normalized spacial score (nSPS) is 10.8. The number of hydrogen-bond acceptors (Lipinski definition) is 5. The van der Waals surface area contributed by atoms with E-state index in [1.807, 2.05) is 24.3 Å². The number of fused-ring (bicyclic) bond motifs is 1. The van der Waals surface area contributed by atoms with Gasteiger partial charge in [-0.05, 0) is 30.3 Å². The van der Waals surface area contributed by atoms with Gasteiger partial charge in [0.2, 0.25) is 11.8 Å². The van der Waals surface area contributed by atoms with Gasteiger partial charge in [-0.1, -0.05) is 47.1 Å². The molecule has 1 N–H and O–H groups in total. The summed E-state index contributed by atoms with van der Waals surface area (Å²) in [5.74, 6) is -0.439. The summed E-state index contributed by atoms with van der Waals surface area (Å²) in [7, 11) is 1.56. The quantitative estimate of drug-likeness (QED) is 0.597. The van der Waals surface area contributed by atoms with Crippen molar-refractivity contribution in [3.8, 4) is 0 Å². The molecule has 3 rings (SSSR count). The van der Waals surface area contributed by atoms with Gasteiger partial charge in [0.25, 0.3) is 5.22 Å². The molecule has 140 valence electrons. The predicted molar refractivity (Wildman–Crippen MR) is 107 cm³/mol. The van der Waals surface area contributed by atoms with Gasteiger partial charge in [-0.2, -0.15) is 0 Å². The van der Waals surface area contributed by atoms with Crippen molar-refractivity contribution in [2.75, 3.05) is 24.7 Å². The SMILES string of the molecule is CN(CC(=O)Nc1ccc(Cl)c(Cl)c1)C(=O)CSc1nc2ccccc2o1. The Labute approximate surface area is 169 Å². The van der Waals surface area contributed by atoms with Crippen LogP contribution < -0.4 is 5.32 Å². The average Bonchev–Trinajstić information content (AvgIpc) is 3.05. The van der Waals surface area contributed by atoms with E-state index in [4.69, 9.17) is 27.6 Å². The van der Waals surface area contributed by atoms with E-state index in [0.717, 1.165) is 5.52 Å². The van der Waals surface area contributed by atoms with Crippen molar-refractivity contribution in [3.63, 3.8) is 0 Å². The van der Waals surface area contributed by atoms with Crippen molar-refractivity contribution in [1.29, 1.82) is 0 Å². The molecule has 0 saturated heterocycles. The standard InChI is InChI=1S/C18H15Cl2N3O3S/c1-23(9-16(24)21-11-6-7-12(19)13(20)8-11)17(25)10-27-18-22-14-4-2-3-5-15(14)26-18/h2-8H,9-10H2,1H3,(H,21,24). The highest BCUT2D eigenvalue weighted by atomic mass is 35.5. The van der Waals surface area contributed by atoms with Crippen LogP contribution in [0.25, 0.3) is 11.1 Å². The summed E-state index contributed by atoms with van der Waals surface area (Å²) in [6.45, 7) is -0.0901. The van der Waals surface area contributed by atoms with Crippen LogP contribution in [0.4, 0.5) is 5.69 Å². The van der Waals surface area contributed by atoms with Crippen LogP contribution in [0.1, 0.15) is 0 Å². The fourth-order valence-corrected chi connectivity index (χ4v) is 3.30. The highest BCUT2D eigenvalue weighted by Crippen LogP contribution is 2.25. The maximum atomic E-state index is 12.2. The van der Waals surface area contributed by atoms with Crippen molar-refractivity contribution < 1.29 is 14.0 Å². The first kappa shape index (κ1) is 19.5. The molecular formula is C18H15Cl2N3O3S. The maximum absolute atomic E-state index is 12.2. The van der Waals surface area contributed by atoms with Crippen LogP contribution in [0.15, 0.2) is 52.1 Å². The zero-order chi connectivity index (χ0) is 19.4. The molecule has 0 aliphatic carbocycles. The summed E-state index contributed by atoms with van der Waals surface area (Å²) in [6.07, 6.45) is 0. The Bertz CT molecular complexity index is 960. The first-order valence-electron chi connectivity index (χ1n) is 7.89. The highest BCUT2D eigenvalue weighted by Gasteiger charge is 2.15. The van der Waals surface area contributed by atoms with Gasteiger partial charge in [0, 0.05) is 12.7 Å². The monoisotopic (exact) mass is 423 g/mol. The Balaban J connectivity index is 1.50. The van der Waals surface area contributed by atoms with Gasteiger partial charge < -0.3 is 14.6 Å². The van der Waals surface area contributed by atoms with Crippen LogP contribution in [-0.4, -0.2) is 41.0 Å². The van der Waals surface area contributed by atoms with E-state index in [1.165, 1.54) is 16.7 Å². The largest absolute Gasteiger partial charge is 0.431 e. The molecule has 1 heterocycles. The molecule has 27 heavy (non-hydrogen) atoms. The second-order valence-electron chi connectivity index (χ2n) is 5.66. The number of hydrogen-bond donors (Lipinski definition) is 1. The zero-order valence-electron chi connectivity index (χ0n) is 14.2. The molecule has 9 heteroatoms. The number of nitrogens with zero attached hydrogens (tertiary/aromatic N) is 2. The summed E-state index contributed by atoms with van der Waals surface area (Å²) in [5, 5.41) is 3.83. The lowest BCUT2D eigenvalue weighted by Gasteiger charge is -2.16. The van der Waals surface area contributed by atoms with E-state index < -0.39 is 0 Å². The second-order valence-corrected chi connectivity index (χ2v) is 7.40. The van der Waals surface area contributed by atoms with Crippen LogP contribution in [0.5, 0.6) is 0 Å². The smallest absolute Gasteiger partial charge is 0.257 e. The highest BCUT2D eigenvalue weighted by molar-refractivity contribution is 7.99. The molecule has 2 amide bonds. The second kappa shape index (κ2) is 8.65. The first-order valence-corrected chi connectivity index (χ1v) is 9.64. The minimum atomic E-state index is -0.337. The van der Waals surface area contributed by atoms with Gasteiger partial charge in [0.15, 0.2) is 5.58 Å². The minimum absolute atomic E-state index is 0.0901. The lowest BCUT2D eigenvalue weighted by molar-refractivity contribution is -0.131. The van der Waals surface area contributed by atoms with Crippen LogP contribution in [0, 0.1) is 0 Å². The van der Waals surface area contributed by atoms with Gasteiger partial charge in [0.1, 0.15) is 5.52 Å². The van der Waals surface area contributed by atoms with Crippen molar-refractivity contribution in [3.05, 3.63) is 52.5 Å². The van der Waals surface area contributed by atoms with E-state index >= 15 is 0 Å². The van der Waals surface area contributed by atoms with E-state index in [9.17, 15) is 9.59 Å². The third kappa shape index (κ3) is 5.15. The Morgan fingerprint density at radius 2 is 1.96 bits per heavy atom. The molecule has 0 aliphatic heterocycles. The number of aromatic nitrogens is 1. The van der Waals surface area contributed by atoms with Crippen LogP contribution in [0.3, 0.4) is 0 Å². The first-order chi connectivity index (χ1) is 12.9. The average molecular weight is 424 g/mol. The molecule has 0 spiro atoms. The van der Waals surface area contributed by atoms with Crippen molar-refractivity contribution >= 4 is 63.6 Å². The van der Waals surface area contributed by atoms with Crippen molar-refractivity contribution in [1.82, 2.24) is 9.88 Å². The summed E-state index contributed by atoms with van der Waals surface area (Å²) in [5.41, 5.74) is 1.92. The molecule has 0 saturated carbocycles. The molecule has 2 aromatic carbocycles. The van der Waals surface area contributed by atoms with E-state index in [2.05, 4.69) is 10.3 Å². The number of benzene rings is 2. The lowest BCUT2D eigenvalue weighted by atomic mass is 10.3. The number of halogens is 2. The lowest BCUT2D eigenvalue weighted by Crippen LogP contribution is -2.35. The van der Waals surface area contributed by atoms with Crippen LogP contribution in [-0.2, 0) is 9.59 Å². The molecule has 0 radical (unpaired) electrons. The number of amides is 2. The van der Waals surface area contributed by atoms with E-state index in [1.54, 1.807) is 25.2 Å². The molecule has 0 bridgehead atoms. The number of rotatable bonds is 6. The Kier molecular flexibility index (Phi) is 6.26. The fraction of sp³-hybridized carbons (Fsp3) is 0.167. The van der Waals surface area contributed by atoms with Gasteiger partial charge in [-0.15, -0.1) is 0 Å². The van der Waals surface area contributed by atoms with E-state index in [-0.39, 0.29) is 24.1 Å². The molecule has 1 aromatic heterocycles. The molecule has 3 aromatic rings. The minimum Gasteiger partial charge on any atom is -0.431 e. The molecule has 6 nitrogen and oxygen atoms in total. The summed E-state index contributed by atoms with van der Waals surface area (Å²) >= 11 is 12.9. The number of likely N-dealkylation sites (N-methyl/N-ethyl adjacent to an activating group) is 1. The number of anilines is 1. The molecule has 0 aliphatic rings. The molecule has 0 fully saturated rings. The van der Waals surface area contributed by atoms with Crippen LogP contribution >= 0.6 is 35.0 Å². The number of para-hydroxylation sites is 2. The number of nitrogens with one attached hydrogen (secondary N) is 1. The summed E-state index contributed by atoms with van der Waals surface area (Å²) < 4.78 is 5.56. The third-order valence-electron chi connectivity index (χ3n) is 3.60. The Morgan fingerprint density at radius 3 is 2.70 bits per heavy atom.